The number of nitrogens with zero attached hydrogens (tertiary/aromatic N) is 1. The Morgan fingerprint density at radius 2 is 1.65 bits per heavy atom. The summed E-state index contributed by atoms with van der Waals surface area (Å²) in [6.45, 7) is 1.44. The van der Waals surface area contributed by atoms with Gasteiger partial charge in [-0.25, -0.2) is 4.57 Å². The van der Waals surface area contributed by atoms with Crippen molar-refractivity contribution in [2.75, 3.05) is 6.61 Å². The van der Waals surface area contributed by atoms with Crippen LogP contribution in [0.2, 0.25) is 5.02 Å². The van der Waals surface area contributed by atoms with E-state index in [1.165, 1.54) is 10.8 Å². The summed E-state index contributed by atoms with van der Waals surface area (Å²) in [5, 5.41) is 3.21. The maximum absolute atomic E-state index is 5.84. The summed E-state index contributed by atoms with van der Waals surface area (Å²) in [6.07, 6.45) is 4.22. The van der Waals surface area contributed by atoms with Crippen LogP contribution >= 0.6 is 11.6 Å². The fourth-order valence-corrected chi connectivity index (χ4v) is 2.24. The van der Waals surface area contributed by atoms with Gasteiger partial charge in [-0.3, -0.25) is 0 Å². The fraction of sp³-hybridized carbons (Fsp3) is 0.118. The van der Waals surface area contributed by atoms with Gasteiger partial charge < -0.3 is 4.74 Å². The minimum atomic E-state index is 0.630. The summed E-state index contributed by atoms with van der Waals surface area (Å²) in [5.41, 5.74) is 0. The van der Waals surface area contributed by atoms with Crippen LogP contribution in [0.15, 0.2) is 67.0 Å². The Kier molecular flexibility index (Phi) is 3.84. The van der Waals surface area contributed by atoms with Gasteiger partial charge in [-0.15, -0.1) is 0 Å². The molecule has 0 saturated carbocycles. The van der Waals surface area contributed by atoms with E-state index in [9.17, 15) is 0 Å². The zero-order chi connectivity index (χ0) is 13.8. The summed E-state index contributed by atoms with van der Waals surface area (Å²) < 4.78 is 7.83. The lowest BCUT2D eigenvalue weighted by Crippen LogP contribution is -2.35. The molecule has 0 fully saturated rings. The number of hydrogen-bond acceptors (Lipinski definition) is 1. The lowest BCUT2D eigenvalue weighted by atomic mass is 10.2. The highest BCUT2D eigenvalue weighted by molar-refractivity contribution is 6.30. The third kappa shape index (κ3) is 3.09. The monoisotopic (exact) mass is 284 g/mol. The van der Waals surface area contributed by atoms with Crippen LogP contribution in [0.5, 0.6) is 5.75 Å². The number of pyridine rings is 1. The maximum Gasteiger partial charge on any atom is 0.182 e. The molecule has 0 saturated heterocycles. The van der Waals surface area contributed by atoms with E-state index in [2.05, 4.69) is 47.3 Å². The molecule has 0 atom stereocenters. The number of aromatic nitrogens is 1. The van der Waals surface area contributed by atoms with Crippen LogP contribution < -0.4 is 9.30 Å². The quantitative estimate of drug-likeness (QED) is 0.663. The fourth-order valence-electron chi connectivity index (χ4n) is 2.12. The zero-order valence-corrected chi connectivity index (χ0v) is 11.8. The SMILES string of the molecule is Clc1ccc(OCC[n+]2ccc3ccccc3c2)cc1. The van der Waals surface area contributed by atoms with Crippen LogP contribution in [0, 0.1) is 0 Å². The standard InChI is InChI=1S/C17H15ClNO/c18-16-5-7-17(8-6-16)20-12-11-19-10-9-14-3-1-2-4-15(14)13-19/h1-10,13H,11-12H2/q+1. The number of rotatable bonds is 4. The molecule has 1 aromatic heterocycles. The van der Waals surface area contributed by atoms with E-state index in [0.717, 1.165) is 17.3 Å². The van der Waals surface area contributed by atoms with Crippen LogP contribution in [-0.4, -0.2) is 6.61 Å². The molecular weight excluding hydrogens is 270 g/mol. The molecule has 3 rings (SSSR count). The van der Waals surface area contributed by atoms with Crippen LogP contribution in [0.25, 0.3) is 10.8 Å². The van der Waals surface area contributed by atoms with Gasteiger partial charge in [0.1, 0.15) is 12.4 Å². The highest BCUT2D eigenvalue weighted by Gasteiger charge is 2.03. The van der Waals surface area contributed by atoms with Crippen molar-refractivity contribution in [1.29, 1.82) is 0 Å². The van der Waals surface area contributed by atoms with Gasteiger partial charge in [0.25, 0.3) is 0 Å². The lowest BCUT2D eigenvalue weighted by Gasteiger charge is -2.04. The molecule has 20 heavy (non-hydrogen) atoms. The third-order valence-electron chi connectivity index (χ3n) is 3.18. The van der Waals surface area contributed by atoms with Gasteiger partial charge in [0.05, 0.1) is 0 Å². The van der Waals surface area contributed by atoms with E-state index >= 15 is 0 Å². The van der Waals surface area contributed by atoms with Gasteiger partial charge in [0.2, 0.25) is 0 Å². The molecule has 2 aromatic carbocycles. The summed E-state index contributed by atoms with van der Waals surface area (Å²) in [4.78, 5) is 0. The molecule has 3 heteroatoms. The minimum absolute atomic E-state index is 0.630. The smallest absolute Gasteiger partial charge is 0.182 e. The van der Waals surface area contributed by atoms with Crippen LogP contribution in [-0.2, 0) is 6.54 Å². The van der Waals surface area contributed by atoms with E-state index in [0.29, 0.717) is 6.61 Å². The number of ether oxygens (including phenoxy) is 1. The van der Waals surface area contributed by atoms with Gasteiger partial charge in [0.15, 0.2) is 18.9 Å². The predicted molar refractivity (Wildman–Crippen MR) is 81.1 cm³/mol. The Morgan fingerprint density at radius 3 is 2.45 bits per heavy atom. The van der Waals surface area contributed by atoms with Crippen molar-refractivity contribution in [1.82, 2.24) is 0 Å². The van der Waals surface area contributed by atoms with Gasteiger partial charge in [-0.05, 0) is 35.7 Å². The second-order valence-corrected chi connectivity index (χ2v) is 5.05. The van der Waals surface area contributed by atoms with E-state index in [1.807, 2.05) is 24.3 Å². The van der Waals surface area contributed by atoms with E-state index in [4.69, 9.17) is 16.3 Å². The molecule has 0 bridgehead atoms. The molecule has 0 aliphatic rings. The van der Waals surface area contributed by atoms with Crippen molar-refractivity contribution in [2.45, 2.75) is 6.54 Å². The molecular formula is C17H15ClNO+. The second-order valence-electron chi connectivity index (χ2n) is 4.61. The maximum atomic E-state index is 5.84. The Balaban J connectivity index is 1.63. The first kappa shape index (κ1) is 12.9. The van der Waals surface area contributed by atoms with Crippen molar-refractivity contribution in [2.24, 2.45) is 0 Å². The predicted octanol–water partition coefficient (Wildman–Crippen LogP) is 3.86. The van der Waals surface area contributed by atoms with Crippen molar-refractivity contribution in [3.8, 4) is 5.75 Å². The summed E-state index contributed by atoms with van der Waals surface area (Å²) in [7, 11) is 0. The molecule has 100 valence electrons. The molecule has 2 nitrogen and oxygen atoms in total. The van der Waals surface area contributed by atoms with E-state index in [-0.39, 0.29) is 0 Å². The number of halogens is 1. The Hall–Kier alpha value is -2.06. The van der Waals surface area contributed by atoms with Crippen LogP contribution in [0.4, 0.5) is 0 Å². The van der Waals surface area contributed by atoms with Crippen molar-refractivity contribution < 1.29 is 9.30 Å². The third-order valence-corrected chi connectivity index (χ3v) is 3.43. The van der Waals surface area contributed by atoms with Crippen molar-refractivity contribution in [3.63, 3.8) is 0 Å². The minimum Gasteiger partial charge on any atom is -0.487 e. The molecule has 0 aliphatic carbocycles. The molecule has 0 amide bonds. The molecule has 0 unspecified atom stereocenters. The van der Waals surface area contributed by atoms with Gasteiger partial charge >= 0.3 is 0 Å². The van der Waals surface area contributed by atoms with E-state index in [1.54, 1.807) is 0 Å². The average Bonchev–Trinajstić information content (AvgIpc) is 2.49. The van der Waals surface area contributed by atoms with Crippen molar-refractivity contribution in [3.05, 3.63) is 72.0 Å². The Labute approximate surface area is 123 Å². The average molecular weight is 285 g/mol. The molecule has 3 aromatic rings. The summed E-state index contributed by atoms with van der Waals surface area (Å²) in [5.74, 6) is 0.843. The molecule has 0 spiro atoms. The Bertz CT molecular complexity index is 710. The number of benzene rings is 2. The van der Waals surface area contributed by atoms with Crippen LogP contribution in [0.1, 0.15) is 0 Å². The van der Waals surface area contributed by atoms with Crippen molar-refractivity contribution >= 4 is 22.4 Å². The molecule has 0 radical (unpaired) electrons. The van der Waals surface area contributed by atoms with Gasteiger partial charge in [-0.1, -0.05) is 29.8 Å². The van der Waals surface area contributed by atoms with Gasteiger partial charge in [0, 0.05) is 16.5 Å². The normalized spacial score (nSPS) is 10.7. The highest BCUT2D eigenvalue weighted by atomic mass is 35.5. The summed E-state index contributed by atoms with van der Waals surface area (Å²) >= 11 is 5.84. The molecule has 1 heterocycles. The lowest BCUT2D eigenvalue weighted by molar-refractivity contribution is -0.696. The number of hydrogen-bond donors (Lipinski definition) is 0. The number of fused-ring (bicyclic) bond motifs is 1. The highest BCUT2D eigenvalue weighted by Crippen LogP contribution is 2.15. The molecule has 0 N–H and O–H groups in total. The topological polar surface area (TPSA) is 13.1 Å². The first-order chi connectivity index (χ1) is 9.81. The zero-order valence-electron chi connectivity index (χ0n) is 11.0. The van der Waals surface area contributed by atoms with E-state index < -0.39 is 0 Å². The molecule has 0 aliphatic heterocycles. The van der Waals surface area contributed by atoms with Crippen LogP contribution in [0.3, 0.4) is 0 Å². The first-order valence-electron chi connectivity index (χ1n) is 6.57. The Morgan fingerprint density at radius 1 is 0.900 bits per heavy atom. The second kappa shape index (κ2) is 5.93. The summed E-state index contributed by atoms with van der Waals surface area (Å²) in [6, 6.07) is 17.9. The largest absolute Gasteiger partial charge is 0.487 e. The van der Waals surface area contributed by atoms with Gasteiger partial charge in [-0.2, -0.15) is 0 Å². The first-order valence-corrected chi connectivity index (χ1v) is 6.95.